The first-order valence-electron chi connectivity index (χ1n) is 17.3. The van der Waals surface area contributed by atoms with Crippen LogP contribution in [0.1, 0.15) is 76.7 Å². The van der Waals surface area contributed by atoms with Crippen LogP contribution in [0, 0.1) is 25.5 Å². The molecule has 0 saturated carbocycles. The molecule has 1 saturated heterocycles. The van der Waals surface area contributed by atoms with Crippen LogP contribution in [0.4, 0.5) is 14.6 Å². The molecule has 4 aromatic rings. The molecular weight excluding hydrogens is 640 g/mol. The van der Waals surface area contributed by atoms with Gasteiger partial charge in [-0.2, -0.15) is 0 Å². The molecule has 5 heterocycles. The number of pyridine rings is 1. The van der Waals surface area contributed by atoms with Gasteiger partial charge in [-0.1, -0.05) is 30.4 Å². The van der Waals surface area contributed by atoms with E-state index in [1.54, 1.807) is 12.1 Å². The molecule has 50 heavy (non-hydrogen) atoms. The van der Waals surface area contributed by atoms with Crippen molar-refractivity contribution in [3.63, 3.8) is 0 Å². The SMILES string of the molecule is COC(=O)[C@@H](OC(C)(C)C)c1c(C)c(C)c2nc3cn2c1N1CCC(C)(CC1)OC/C=C\C[C@H](C)Oc1ccc(F)c(F)c1-c1cccc-3c1. The van der Waals surface area contributed by atoms with Crippen molar-refractivity contribution in [2.24, 2.45) is 0 Å². The molecule has 2 atom stereocenters. The average Bonchev–Trinajstić information content (AvgIpc) is 3.52. The van der Waals surface area contributed by atoms with Crippen LogP contribution in [0.25, 0.3) is 28.0 Å². The summed E-state index contributed by atoms with van der Waals surface area (Å²) >= 11 is 0. The van der Waals surface area contributed by atoms with E-state index >= 15 is 4.39 Å². The van der Waals surface area contributed by atoms with Crippen molar-refractivity contribution in [3.05, 3.63) is 83.1 Å². The van der Waals surface area contributed by atoms with Gasteiger partial charge in [-0.15, -0.1) is 0 Å². The number of aromatic nitrogens is 2. The first kappa shape index (κ1) is 35.5. The third-order valence-corrected chi connectivity index (χ3v) is 9.74. The van der Waals surface area contributed by atoms with E-state index in [0.717, 1.165) is 47.1 Å². The lowest BCUT2D eigenvalue weighted by atomic mass is 9.92. The summed E-state index contributed by atoms with van der Waals surface area (Å²) in [6.45, 7) is 15.5. The van der Waals surface area contributed by atoms with Crippen LogP contribution in [0.2, 0.25) is 0 Å². The van der Waals surface area contributed by atoms with E-state index in [4.69, 9.17) is 23.9 Å². The van der Waals surface area contributed by atoms with Gasteiger partial charge in [-0.25, -0.2) is 18.6 Å². The zero-order chi connectivity index (χ0) is 36.0. The second kappa shape index (κ2) is 13.8. The molecule has 0 aliphatic carbocycles. The molecule has 0 radical (unpaired) electrons. The van der Waals surface area contributed by atoms with Gasteiger partial charge in [0.15, 0.2) is 17.7 Å². The molecule has 3 aliphatic heterocycles. The van der Waals surface area contributed by atoms with Crippen LogP contribution in [-0.2, 0) is 19.0 Å². The van der Waals surface area contributed by atoms with Gasteiger partial charge in [0.05, 0.1) is 42.3 Å². The summed E-state index contributed by atoms with van der Waals surface area (Å²) in [5, 5.41) is 0. The third kappa shape index (κ3) is 7.01. The fourth-order valence-electron chi connectivity index (χ4n) is 6.87. The molecule has 2 aromatic heterocycles. The topological polar surface area (TPSA) is 74.5 Å². The van der Waals surface area contributed by atoms with Crippen molar-refractivity contribution in [1.29, 1.82) is 0 Å². The Bertz CT molecular complexity index is 1940. The number of ether oxygens (including phenoxy) is 4. The minimum Gasteiger partial charge on any atom is -0.490 e. The highest BCUT2D eigenvalue weighted by molar-refractivity contribution is 5.82. The van der Waals surface area contributed by atoms with Crippen LogP contribution in [0.3, 0.4) is 0 Å². The van der Waals surface area contributed by atoms with E-state index in [1.165, 1.54) is 13.2 Å². The number of methoxy groups -OCH3 is 1. The highest BCUT2D eigenvalue weighted by Crippen LogP contribution is 2.42. The number of benzene rings is 2. The van der Waals surface area contributed by atoms with Gasteiger partial charge in [0.2, 0.25) is 0 Å². The molecule has 8 nitrogen and oxygen atoms in total. The smallest absolute Gasteiger partial charge is 0.339 e. The average molecular weight is 688 g/mol. The summed E-state index contributed by atoms with van der Waals surface area (Å²) in [6.07, 6.45) is 6.72. The number of piperidine rings is 1. The number of esters is 1. The zero-order valence-corrected chi connectivity index (χ0v) is 30.2. The predicted molar refractivity (Wildman–Crippen MR) is 191 cm³/mol. The Kier molecular flexibility index (Phi) is 9.81. The van der Waals surface area contributed by atoms with Crippen LogP contribution < -0.4 is 9.64 Å². The quantitative estimate of drug-likeness (QED) is 0.158. The summed E-state index contributed by atoms with van der Waals surface area (Å²) in [7, 11) is 1.37. The number of aryl methyl sites for hydroxylation is 1. The molecule has 0 spiro atoms. The van der Waals surface area contributed by atoms with Crippen LogP contribution in [0.15, 0.2) is 54.7 Å². The summed E-state index contributed by atoms with van der Waals surface area (Å²) < 4.78 is 56.8. The fraction of sp³-hybridized carbons (Fsp3) is 0.450. The molecule has 6 bridgehead atoms. The van der Waals surface area contributed by atoms with E-state index in [-0.39, 0.29) is 23.0 Å². The highest BCUT2D eigenvalue weighted by atomic mass is 19.2. The maximum absolute atomic E-state index is 15.6. The lowest BCUT2D eigenvalue weighted by molar-refractivity contribution is -0.164. The molecule has 7 rings (SSSR count). The standard InChI is InChI=1S/C40H47F2N3O5/c1-24-12-9-10-21-48-40(7)17-19-44(20-18-40)37-32(35(38(46)47-8)50-39(4,5)6)25(2)26(3)36-43-30(23-45(36)37)27-13-11-14-28(22-27)33-31(49-24)16-15-29(41)34(33)42/h9-11,13-16,22-24,35H,12,17-21H2,1-8H3/b10-9-/t24-,35-/m0/s1. The molecule has 266 valence electrons. The highest BCUT2D eigenvalue weighted by Gasteiger charge is 2.38. The normalized spacial score (nSPS) is 21.1. The number of imidazole rings is 1. The Morgan fingerprint density at radius 3 is 2.48 bits per heavy atom. The number of nitrogens with zero attached hydrogens (tertiary/aromatic N) is 3. The molecule has 1 fully saturated rings. The van der Waals surface area contributed by atoms with E-state index in [1.807, 2.05) is 76.4 Å². The Balaban J connectivity index is 1.60. The second-order valence-corrected chi connectivity index (χ2v) is 14.6. The van der Waals surface area contributed by atoms with Crippen molar-refractivity contribution in [2.75, 3.05) is 31.7 Å². The number of carbonyl (C=O) groups excluding carboxylic acids is 1. The van der Waals surface area contributed by atoms with Crippen LogP contribution >= 0.6 is 0 Å². The number of carbonyl (C=O) groups is 1. The Labute approximate surface area is 293 Å². The number of rotatable bonds is 3. The van der Waals surface area contributed by atoms with Crippen LogP contribution in [0.5, 0.6) is 5.75 Å². The van der Waals surface area contributed by atoms with Crippen LogP contribution in [-0.4, -0.2) is 59.5 Å². The molecule has 2 aromatic carbocycles. The Hall–Kier alpha value is -4.28. The molecule has 0 N–H and O–H groups in total. The maximum atomic E-state index is 15.6. The van der Waals surface area contributed by atoms with Gasteiger partial charge in [0.25, 0.3) is 0 Å². The Morgan fingerprint density at radius 2 is 1.78 bits per heavy atom. The van der Waals surface area contributed by atoms with Crippen molar-refractivity contribution >= 4 is 17.4 Å². The molecular formula is C40H47F2N3O5. The van der Waals surface area contributed by atoms with Crippen molar-refractivity contribution in [2.45, 2.75) is 91.1 Å². The van der Waals surface area contributed by atoms with E-state index in [0.29, 0.717) is 42.9 Å². The summed E-state index contributed by atoms with van der Waals surface area (Å²) in [5.41, 5.74) is 4.07. The van der Waals surface area contributed by atoms with Gasteiger partial charge < -0.3 is 23.8 Å². The van der Waals surface area contributed by atoms with Gasteiger partial charge in [0, 0.05) is 36.8 Å². The molecule has 0 amide bonds. The zero-order valence-electron chi connectivity index (χ0n) is 30.2. The Morgan fingerprint density at radius 1 is 1.06 bits per heavy atom. The van der Waals surface area contributed by atoms with Crippen molar-refractivity contribution in [1.82, 2.24) is 9.38 Å². The molecule has 10 heteroatoms. The summed E-state index contributed by atoms with van der Waals surface area (Å²) in [6, 6.07) is 9.82. The maximum Gasteiger partial charge on any atom is 0.339 e. The summed E-state index contributed by atoms with van der Waals surface area (Å²) in [4.78, 5) is 20.9. The summed E-state index contributed by atoms with van der Waals surface area (Å²) in [5.74, 6) is -1.36. The van der Waals surface area contributed by atoms with E-state index in [9.17, 15) is 9.18 Å². The third-order valence-electron chi connectivity index (χ3n) is 9.74. The monoisotopic (exact) mass is 687 g/mol. The van der Waals surface area contributed by atoms with Crippen molar-refractivity contribution in [3.8, 4) is 28.1 Å². The predicted octanol–water partition coefficient (Wildman–Crippen LogP) is 8.70. The molecule has 0 unspecified atom stereocenters. The minimum absolute atomic E-state index is 0.0516. The van der Waals surface area contributed by atoms with E-state index < -0.39 is 29.3 Å². The number of halogens is 2. The van der Waals surface area contributed by atoms with Crippen molar-refractivity contribution < 1.29 is 32.5 Å². The van der Waals surface area contributed by atoms with Gasteiger partial charge in [-0.3, -0.25) is 4.40 Å². The number of hydrogen-bond acceptors (Lipinski definition) is 7. The lowest BCUT2D eigenvalue weighted by Gasteiger charge is -2.42. The number of fused-ring (bicyclic) bond motifs is 7. The number of anilines is 1. The first-order chi connectivity index (χ1) is 23.7. The molecule has 3 aliphatic rings. The fourth-order valence-corrected chi connectivity index (χ4v) is 6.87. The van der Waals surface area contributed by atoms with Gasteiger partial charge in [0.1, 0.15) is 17.2 Å². The number of hydrogen-bond donors (Lipinski definition) is 0. The van der Waals surface area contributed by atoms with E-state index in [2.05, 4.69) is 11.8 Å². The van der Waals surface area contributed by atoms with Gasteiger partial charge >= 0.3 is 5.97 Å². The minimum atomic E-state index is -0.996. The first-order valence-corrected chi connectivity index (χ1v) is 17.3. The lowest BCUT2D eigenvalue weighted by Crippen LogP contribution is -2.45. The largest absolute Gasteiger partial charge is 0.490 e. The second-order valence-electron chi connectivity index (χ2n) is 14.6. The van der Waals surface area contributed by atoms with Gasteiger partial charge in [-0.05, 0) is 96.2 Å².